The smallest absolute Gasteiger partial charge is 0.306 e. The van der Waals surface area contributed by atoms with Crippen molar-refractivity contribution < 1.29 is 19.7 Å². The Labute approximate surface area is 126 Å². The van der Waals surface area contributed by atoms with E-state index in [1.54, 1.807) is 0 Å². The maximum Gasteiger partial charge on any atom is 0.306 e. The summed E-state index contributed by atoms with van der Waals surface area (Å²) in [7, 11) is 0. The molecule has 4 nitrogen and oxygen atoms in total. The van der Waals surface area contributed by atoms with Crippen LogP contribution in [0.4, 0.5) is 0 Å². The molecule has 2 N–H and O–H groups in total. The molecule has 1 fully saturated rings. The van der Waals surface area contributed by atoms with E-state index < -0.39 is 11.6 Å². The second-order valence-corrected chi connectivity index (χ2v) is 6.28. The predicted molar refractivity (Wildman–Crippen MR) is 78.3 cm³/mol. The number of rotatable bonds is 5. The maximum absolute atomic E-state index is 10.9. The van der Waals surface area contributed by atoms with Crippen molar-refractivity contribution in [2.45, 2.75) is 37.9 Å². The molecule has 0 unspecified atom stereocenters. The summed E-state index contributed by atoms with van der Waals surface area (Å²) in [6.07, 6.45) is 2.01. The number of hydrogen-bond acceptors (Lipinski definition) is 3. The fourth-order valence-corrected chi connectivity index (χ4v) is 2.91. The van der Waals surface area contributed by atoms with Crippen LogP contribution in [0.1, 0.15) is 31.2 Å². The molecule has 0 aliphatic heterocycles. The number of aliphatic hydroxyl groups is 1. The largest absolute Gasteiger partial charge is 0.481 e. The number of carbonyl (C=O) groups is 1. The topological polar surface area (TPSA) is 66.8 Å². The van der Waals surface area contributed by atoms with Crippen LogP contribution in [0.25, 0.3) is 0 Å². The third kappa shape index (κ3) is 4.04. The van der Waals surface area contributed by atoms with Crippen LogP contribution in [0.15, 0.2) is 28.7 Å². The van der Waals surface area contributed by atoms with E-state index in [-0.39, 0.29) is 12.5 Å². The first-order chi connectivity index (χ1) is 9.50. The van der Waals surface area contributed by atoms with Gasteiger partial charge in [-0.2, -0.15) is 0 Å². The zero-order valence-corrected chi connectivity index (χ0v) is 12.8. The Morgan fingerprint density at radius 2 is 2.00 bits per heavy atom. The Morgan fingerprint density at radius 3 is 2.60 bits per heavy atom. The van der Waals surface area contributed by atoms with Crippen LogP contribution in [-0.4, -0.2) is 28.4 Å². The lowest BCUT2D eigenvalue weighted by Gasteiger charge is -2.34. The minimum absolute atomic E-state index is 0.251. The number of carboxylic acid groups (broad SMARTS) is 1. The standard InChI is InChI=1S/C15H19BrO4/c16-13-4-2-1-3-12(13)9-20-10-15(19)7-5-11(6-8-15)14(17)18/h1-4,11,19H,5-10H2,(H,17,18). The van der Waals surface area contributed by atoms with Gasteiger partial charge in [0.2, 0.25) is 0 Å². The molecule has 0 aromatic heterocycles. The van der Waals surface area contributed by atoms with Gasteiger partial charge in [0.05, 0.1) is 24.7 Å². The summed E-state index contributed by atoms with van der Waals surface area (Å²) in [5.41, 5.74) is 0.156. The molecular formula is C15H19BrO4. The number of carboxylic acids is 1. The Kier molecular flexibility index (Phi) is 5.18. The molecule has 0 saturated heterocycles. The molecule has 5 heteroatoms. The summed E-state index contributed by atoms with van der Waals surface area (Å²) in [5.74, 6) is -1.08. The normalized spacial score (nSPS) is 26.4. The average Bonchev–Trinajstić information content (AvgIpc) is 2.41. The summed E-state index contributed by atoms with van der Waals surface area (Å²) in [4.78, 5) is 10.9. The van der Waals surface area contributed by atoms with E-state index in [0.717, 1.165) is 10.0 Å². The highest BCUT2D eigenvalue weighted by molar-refractivity contribution is 9.10. The molecule has 1 aliphatic carbocycles. The van der Waals surface area contributed by atoms with Crippen molar-refractivity contribution in [2.75, 3.05) is 6.61 Å². The van der Waals surface area contributed by atoms with Crippen molar-refractivity contribution in [1.82, 2.24) is 0 Å². The number of aliphatic carboxylic acids is 1. The van der Waals surface area contributed by atoms with E-state index in [9.17, 15) is 9.90 Å². The highest BCUT2D eigenvalue weighted by Crippen LogP contribution is 2.32. The number of benzene rings is 1. The van der Waals surface area contributed by atoms with Gasteiger partial charge in [0, 0.05) is 4.47 Å². The summed E-state index contributed by atoms with van der Waals surface area (Å²) in [5, 5.41) is 19.3. The quantitative estimate of drug-likeness (QED) is 0.863. The Balaban J connectivity index is 1.80. The lowest BCUT2D eigenvalue weighted by Crippen LogP contribution is -2.40. The summed E-state index contributed by atoms with van der Waals surface area (Å²) in [6.45, 7) is 0.687. The van der Waals surface area contributed by atoms with Gasteiger partial charge in [-0.05, 0) is 37.3 Å². The lowest BCUT2D eigenvalue weighted by atomic mass is 9.79. The third-order valence-corrected chi connectivity index (χ3v) is 4.63. The van der Waals surface area contributed by atoms with E-state index in [0.29, 0.717) is 32.3 Å². The number of hydrogen-bond donors (Lipinski definition) is 2. The molecule has 0 atom stereocenters. The molecule has 0 spiro atoms. The molecule has 1 aliphatic rings. The minimum Gasteiger partial charge on any atom is -0.481 e. The molecule has 2 rings (SSSR count). The fraction of sp³-hybridized carbons (Fsp3) is 0.533. The molecular weight excluding hydrogens is 324 g/mol. The molecule has 0 radical (unpaired) electrons. The molecule has 1 saturated carbocycles. The fourth-order valence-electron chi connectivity index (χ4n) is 2.51. The van der Waals surface area contributed by atoms with Crippen LogP contribution < -0.4 is 0 Å². The third-order valence-electron chi connectivity index (χ3n) is 3.85. The van der Waals surface area contributed by atoms with Gasteiger partial charge in [-0.25, -0.2) is 0 Å². The molecule has 0 bridgehead atoms. The average molecular weight is 343 g/mol. The highest BCUT2D eigenvalue weighted by atomic mass is 79.9. The summed E-state index contributed by atoms with van der Waals surface area (Å²) < 4.78 is 6.60. The van der Waals surface area contributed by atoms with Crippen LogP contribution >= 0.6 is 15.9 Å². The first kappa shape index (κ1) is 15.5. The number of halogens is 1. The summed E-state index contributed by atoms with van der Waals surface area (Å²) in [6, 6.07) is 7.80. The van der Waals surface area contributed by atoms with Gasteiger partial charge in [0.15, 0.2) is 0 Å². The molecule has 20 heavy (non-hydrogen) atoms. The van der Waals surface area contributed by atoms with Gasteiger partial charge in [-0.15, -0.1) is 0 Å². The van der Waals surface area contributed by atoms with Gasteiger partial charge in [0.25, 0.3) is 0 Å². The van der Waals surface area contributed by atoms with E-state index in [1.165, 1.54) is 0 Å². The first-order valence-electron chi connectivity index (χ1n) is 6.76. The van der Waals surface area contributed by atoms with E-state index >= 15 is 0 Å². The van der Waals surface area contributed by atoms with Crippen molar-refractivity contribution in [3.63, 3.8) is 0 Å². The van der Waals surface area contributed by atoms with Crippen molar-refractivity contribution in [1.29, 1.82) is 0 Å². The van der Waals surface area contributed by atoms with Gasteiger partial charge in [-0.3, -0.25) is 4.79 Å². The second-order valence-electron chi connectivity index (χ2n) is 5.42. The molecule has 1 aromatic carbocycles. The van der Waals surface area contributed by atoms with Crippen molar-refractivity contribution >= 4 is 21.9 Å². The molecule has 0 heterocycles. The zero-order chi connectivity index (χ0) is 14.6. The maximum atomic E-state index is 10.9. The Morgan fingerprint density at radius 1 is 1.35 bits per heavy atom. The predicted octanol–water partition coefficient (Wildman–Crippen LogP) is 2.97. The SMILES string of the molecule is O=C(O)C1CCC(O)(COCc2ccccc2Br)CC1. The summed E-state index contributed by atoms with van der Waals surface area (Å²) >= 11 is 3.45. The highest BCUT2D eigenvalue weighted by Gasteiger charge is 2.35. The number of ether oxygens (including phenoxy) is 1. The molecule has 110 valence electrons. The zero-order valence-electron chi connectivity index (χ0n) is 11.2. The van der Waals surface area contributed by atoms with Gasteiger partial charge in [0.1, 0.15) is 0 Å². The van der Waals surface area contributed by atoms with E-state index in [2.05, 4.69) is 15.9 Å². The Hall–Kier alpha value is -0.910. The second kappa shape index (κ2) is 6.70. The first-order valence-corrected chi connectivity index (χ1v) is 7.56. The minimum atomic E-state index is -0.882. The van der Waals surface area contributed by atoms with Gasteiger partial charge in [-0.1, -0.05) is 34.1 Å². The Bertz CT molecular complexity index is 467. The van der Waals surface area contributed by atoms with E-state index in [1.807, 2.05) is 24.3 Å². The van der Waals surface area contributed by atoms with Crippen molar-refractivity contribution in [3.05, 3.63) is 34.3 Å². The lowest BCUT2D eigenvalue weighted by molar-refractivity contribution is -0.146. The van der Waals surface area contributed by atoms with Crippen molar-refractivity contribution in [2.24, 2.45) is 5.92 Å². The molecule has 0 amide bonds. The van der Waals surface area contributed by atoms with Gasteiger partial charge >= 0.3 is 5.97 Å². The van der Waals surface area contributed by atoms with Gasteiger partial charge < -0.3 is 14.9 Å². The van der Waals surface area contributed by atoms with E-state index in [4.69, 9.17) is 9.84 Å². The van der Waals surface area contributed by atoms with Crippen LogP contribution in [0.2, 0.25) is 0 Å². The van der Waals surface area contributed by atoms with Crippen LogP contribution in [0.3, 0.4) is 0 Å². The van der Waals surface area contributed by atoms with Crippen LogP contribution in [-0.2, 0) is 16.1 Å². The monoisotopic (exact) mass is 342 g/mol. The van der Waals surface area contributed by atoms with Crippen LogP contribution in [0, 0.1) is 5.92 Å². The van der Waals surface area contributed by atoms with Crippen LogP contribution in [0.5, 0.6) is 0 Å². The molecule has 1 aromatic rings. The van der Waals surface area contributed by atoms with Crippen molar-refractivity contribution in [3.8, 4) is 0 Å².